The lowest BCUT2D eigenvalue weighted by Crippen LogP contribution is -2.18. The number of nitrogens with one attached hydrogen (secondary N) is 1. The number of benzene rings is 1. The highest BCUT2D eigenvalue weighted by Gasteiger charge is 2.10. The van der Waals surface area contributed by atoms with Crippen LogP contribution in [0, 0.1) is 0 Å². The highest BCUT2D eigenvalue weighted by atomic mass is 16.5. The van der Waals surface area contributed by atoms with E-state index < -0.39 is 6.10 Å². The average Bonchev–Trinajstić information content (AvgIpc) is 2.95. The van der Waals surface area contributed by atoms with Gasteiger partial charge in [-0.3, -0.25) is 4.79 Å². The summed E-state index contributed by atoms with van der Waals surface area (Å²) in [5, 5.41) is 12.6. The molecule has 2 N–H and O–H groups in total. The topological polar surface area (TPSA) is 63.5 Å². The number of nitrogens with zero attached hydrogens (tertiary/aromatic N) is 1. The fourth-order valence-corrected chi connectivity index (χ4v) is 2.09. The Balaban J connectivity index is 2.00. The van der Waals surface area contributed by atoms with E-state index in [2.05, 4.69) is 5.32 Å². The summed E-state index contributed by atoms with van der Waals surface area (Å²) in [5.74, 6) is 0.480. The second-order valence-corrected chi connectivity index (χ2v) is 4.79. The molecule has 1 amide bonds. The molecule has 0 fully saturated rings. The van der Waals surface area contributed by atoms with Gasteiger partial charge in [0.15, 0.2) is 0 Å². The molecule has 1 aromatic heterocycles. The smallest absolute Gasteiger partial charge is 0.244 e. The normalized spacial score (nSPS) is 12.0. The van der Waals surface area contributed by atoms with Crippen molar-refractivity contribution in [3.05, 3.63) is 48.3 Å². The molecule has 0 spiro atoms. The maximum absolute atomic E-state index is 12.0. The number of aromatic nitrogens is 1. The van der Waals surface area contributed by atoms with E-state index in [0.717, 1.165) is 5.56 Å². The largest absolute Gasteiger partial charge is 0.495 e. The Hall–Kier alpha value is -2.27. The second kappa shape index (κ2) is 6.95. The van der Waals surface area contributed by atoms with Crippen LogP contribution in [-0.2, 0) is 11.3 Å². The van der Waals surface area contributed by atoms with Crippen molar-refractivity contribution in [1.29, 1.82) is 0 Å². The van der Waals surface area contributed by atoms with Crippen LogP contribution in [0.25, 0.3) is 0 Å². The molecule has 0 saturated heterocycles. The van der Waals surface area contributed by atoms with E-state index in [-0.39, 0.29) is 12.5 Å². The minimum absolute atomic E-state index is 0.146. The van der Waals surface area contributed by atoms with Gasteiger partial charge in [-0.25, -0.2) is 0 Å². The van der Waals surface area contributed by atoms with Gasteiger partial charge >= 0.3 is 0 Å². The SMILES string of the molecule is CCC(O)c1ccn(CC(=O)Nc2ccccc2OC)c1. The van der Waals surface area contributed by atoms with Crippen LogP contribution in [0.2, 0.25) is 0 Å². The van der Waals surface area contributed by atoms with Gasteiger partial charge in [0.1, 0.15) is 12.3 Å². The number of carbonyl (C=O) groups excluding carboxylic acids is 1. The molecule has 2 aromatic rings. The monoisotopic (exact) mass is 288 g/mol. The number of aliphatic hydroxyl groups excluding tert-OH is 1. The molecule has 0 aliphatic carbocycles. The first kappa shape index (κ1) is 15.1. The van der Waals surface area contributed by atoms with Crippen LogP contribution in [0.3, 0.4) is 0 Å². The van der Waals surface area contributed by atoms with Gasteiger partial charge in [0.2, 0.25) is 5.91 Å². The molecule has 0 aliphatic heterocycles. The molecule has 2 rings (SSSR count). The number of anilines is 1. The van der Waals surface area contributed by atoms with Crippen LogP contribution in [0.1, 0.15) is 25.0 Å². The van der Waals surface area contributed by atoms with E-state index in [1.807, 2.05) is 25.1 Å². The van der Waals surface area contributed by atoms with Gasteiger partial charge in [-0.1, -0.05) is 19.1 Å². The lowest BCUT2D eigenvalue weighted by atomic mass is 10.1. The number of amides is 1. The Morgan fingerprint density at radius 1 is 1.38 bits per heavy atom. The van der Waals surface area contributed by atoms with Gasteiger partial charge in [-0.2, -0.15) is 0 Å². The van der Waals surface area contributed by atoms with Gasteiger partial charge in [-0.15, -0.1) is 0 Å². The molecular weight excluding hydrogens is 268 g/mol. The zero-order chi connectivity index (χ0) is 15.2. The van der Waals surface area contributed by atoms with Crippen molar-refractivity contribution < 1.29 is 14.6 Å². The summed E-state index contributed by atoms with van der Waals surface area (Å²) in [6.45, 7) is 2.10. The summed E-state index contributed by atoms with van der Waals surface area (Å²) in [6, 6.07) is 9.09. The van der Waals surface area contributed by atoms with E-state index >= 15 is 0 Å². The number of carbonyl (C=O) groups is 1. The van der Waals surface area contributed by atoms with Crippen LogP contribution in [0.4, 0.5) is 5.69 Å². The van der Waals surface area contributed by atoms with Gasteiger partial charge in [0, 0.05) is 12.4 Å². The molecule has 5 heteroatoms. The third-order valence-electron chi connectivity index (χ3n) is 3.25. The molecule has 21 heavy (non-hydrogen) atoms. The van der Waals surface area contributed by atoms with Crippen molar-refractivity contribution in [1.82, 2.24) is 4.57 Å². The maximum atomic E-state index is 12.0. The van der Waals surface area contributed by atoms with E-state index in [9.17, 15) is 9.90 Å². The Morgan fingerprint density at radius 2 is 2.14 bits per heavy atom. The van der Waals surface area contributed by atoms with Crippen LogP contribution in [0.5, 0.6) is 5.75 Å². The quantitative estimate of drug-likeness (QED) is 0.858. The first-order chi connectivity index (χ1) is 10.1. The van der Waals surface area contributed by atoms with Crippen molar-refractivity contribution in [3.8, 4) is 5.75 Å². The molecule has 1 heterocycles. The van der Waals surface area contributed by atoms with E-state index in [4.69, 9.17) is 4.74 Å². The molecule has 0 saturated carbocycles. The lowest BCUT2D eigenvalue weighted by Gasteiger charge is -2.10. The van der Waals surface area contributed by atoms with Crippen LogP contribution >= 0.6 is 0 Å². The summed E-state index contributed by atoms with van der Waals surface area (Å²) in [7, 11) is 1.56. The number of rotatable bonds is 6. The van der Waals surface area contributed by atoms with E-state index in [1.54, 1.807) is 36.2 Å². The molecule has 5 nitrogen and oxygen atoms in total. The van der Waals surface area contributed by atoms with Crippen molar-refractivity contribution in [2.45, 2.75) is 26.0 Å². The zero-order valence-electron chi connectivity index (χ0n) is 12.2. The summed E-state index contributed by atoms with van der Waals surface area (Å²) in [5.41, 5.74) is 1.47. The van der Waals surface area contributed by atoms with Gasteiger partial charge < -0.3 is 19.7 Å². The van der Waals surface area contributed by atoms with E-state index in [0.29, 0.717) is 17.9 Å². The minimum atomic E-state index is -0.483. The number of methoxy groups -OCH3 is 1. The number of hydrogen-bond donors (Lipinski definition) is 2. The molecule has 112 valence electrons. The van der Waals surface area contributed by atoms with Crippen LogP contribution in [-0.4, -0.2) is 22.7 Å². The van der Waals surface area contributed by atoms with E-state index in [1.165, 1.54) is 0 Å². The summed E-state index contributed by atoms with van der Waals surface area (Å²) in [4.78, 5) is 12.0. The predicted octanol–water partition coefficient (Wildman–Crippen LogP) is 2.58. The Kier molecular flexibility index (Phi) is 5.00. The van der Waals surface area contributed by atoms with Gasteiger partial charge in [0.05, 0.1) is 18.9 Å². The third kappa shape index (κ3) is 3.86. The highest BCUT2D eigenvalue weighted by molar-refractivity contribution is 5.92. The van der Waals surface area contributed by atoms with Gasteiger partial charge in [0.25, 0.3) is 0 Å². The molecule has 1 atom stereocenters. The first-order valence-corrected chi connectivity index (χ1v) is 6.90. The lowest BCUT2D eigenvalue weighted by molar-refractivity contribution is -0.116. The Labute approximate surface area is 124 Å². The molecule has 1 aromatic carbocycles. The Bertz CT molecular complexity index is 607. The fourth-order valence-electron chi connectivity index (χ4n) is 2.09. The predicted molar refractivity (Wildman–Crippen MR) is 81.3 cm³/mol. The number of para-hydroxylation sites is 2. The number of aliphatic hydroxyl groups is 1. The Morgan fingerprint density at radius 3 is 2.86 bits per heavy atom. The standard InChI is InChI=1S/C16H20N2O3/c1-3-14(19)12-8-9-18(10-12)11-16(20)17-13-6-4-5-7-15(13)21-2/h4-10,14,19H,3,11H2,1-2H3,(H,17,20). The number of ether oxygens (including phenoxy) is 1. The molecule has 0 bridgehead atoms. The van der Waals surface area contributed by atoms with Gasteiger partial charge in [-0.05, 0) is 30.2 Å². The maximum Gasteiger partial charge on any atom is 0.244 e. The number of hydrogen-bond acceptors (Lipinski definition) is 3. The minimum Gasteiger partial charge on any atom is -0.495 e. The zero-order valence-corrected chi connectivity index (χ0v) is 12.2. The summed E-state index contributed by atoms with van der Waals surface area (Å²) >= 11 is 0. The van der Waals surface area contributed by atoms with Crippen LogP contribution < -0.4 is 10.1 Å². The second-order valence-electron chi connectivity index (χ2n) is 4.79. The molecule has 0 aliphatic rings. The van der Waals surface area contributed by atoms with Crippen LogP contribution in [0.15, 0.2) is 42.7 Å². The van der Waals surface area contributed by atoms with Crippen molar-refractivity contribution in [3.63, 3.8) is 0 Å². The van der Waals surface area contributed by atoms with Crippen molar-refractivity contribution in [2.24, 2.45) is 0 Å². The fraction of sp³-hybridized carbons (Fsp3) is 0.312. The summed E-state index contributed by atoms with van der Waals surface area (Å²) < 4.78 is 6.94. The average molecular weight is 288 g/mol. The molecule has 0 radical (unpaired) electrons. The molecular formula is C16H20N2O3. The molecule has 1 unspecified atom stereocenters. The third-order valence-corrected chi connectivity index (χ3v) is 3.25. The summed E-state index contributed by atoms with van der Waals surface area (Å²) in [6.07, 6.45) is 3.74. The van der Waals surface area contributed by atoms with Crippen molar-refractivity contribution >= 4 is 11.6 Å². The van der Waals surface area contributed by atoms with Crippen molar-refractivity contribution in [2.75, 3.05) is 12.4 Å². The first-order valence-electron chi connectivity index (χ1n) is 6.90. The highest BCUT2D eigenvalue weighted by Crippen LogP contribution is 2.23.